The molecule has 2 aromatic carbocycles. The maximum atomic E-state index is 13.1. The molecule has 0 bridgehead atoms. The van der Waals surface area contributed by atoms with Gasteiger partial charge in [0, 0.05) is 18.2 Å². The third-order valence-corrected chi connectivity index (χ3v) is 8.55. The Morgan fingerprint density at radius 2 is 2.00 bits per heavy atom. The Kier molecular flexibility index (Phi) is 6.63. The largest absolute Gasteiger partial charge is 0.494 e. The molecule has 1 aromatic heterocycles. The van der Waals surface area contributed by atoms with Crippen LogP contribution in [0.3, 0.4) is 0 Å². The molecular formula is C22H26N4O4S2. The second kappa shape index (κ2) is 9.43. The normalized spacial score (nSPS) is 17.2. The zero-order valence-corrected chi connectivity index (χ0v) is 19.6. The number of carbonyl (C=O) groups is 1. The molecule has 10 heteroatoms. The highest BCUT2D eigenvalue weighted by Gasteiger charge is 2.32. The number of ether oxygens (including phenoxy) is 1. The van der Waals surface area contributed by atoms with Gasteiger partial charge in [0.2, 0.25) is 15.2 Å². The average molecular weight is 475 g/mol. The molecule has 3 aromatic rings. The lowest BCUT2D eigenvalue weighted by molar-refractivity contribution is 0.0962. The summed E-state index contributed by atoms with van der Waals surface area (Å²) in [6, 6.07) is 11.7. The van der Waals surface area contributed by atoms with Crippen LogP contribution < -0.4 is 15.6 Å². The van der Waals surface area contributed by atoms with E-state index in [9.17, 15) is 13.2 Å². The Labute approximate surface area is 191 Å². The number of methoxy groups -OCH3 is 1. The van der Waals surface area contributed by atoms with Crippen LogP contribution in [0.4, 0.5) is 5.13 Å². The third kappa shape index (κ3) is 4.43. The Balaban J connectivity index is 1.44. The Morgan fingerprint density at radius 1 is 1.22 bits per heavy atom. The number of aromatic nitrogens is 1. The summed E-state index contributed by atoms with van der Waals surface area (Å²) in [5.41, 5.74) is 6.49. The van der Waals surface area contributed by atoms with Gasteiger partial charge >= 0.3 is 0 Å². The van der Waals surface area contributed by atoms with E-state index in [0.717, 1.165) is 35.9 Å². The molecule has 0 aliphatic carbocycles. The maximum Gasteiger partial charge on any atom is 0.269 e. The van der Waals surface area contributed by atoms with E-state index in [1.165, 1.54) is 35.6 Å². The fourth-order valence-electron chi connectivity index (χ4n) is 3.94. The molecule has 1 amide bonds. The summed E-state index contributed by atoms with van der Waals surface area (Å²) in [6.07, 6.45) is 3.61. The lowest BCUT2D eigenvalue weighted by Crippen LogP contribution is -2.43. The minimum atomic E-state index is -3.58. The molecule has 1 saturated heterocycles. The quantitative estimate of drug-likeness (QED) is 0.502. The standard InChI is InChI=1S/C22H26N4O4S2/c1-3-16-7-4-5-14-26(16)32(28,29)17-12-10-15(11-13-17)21(27)24-25-22-23-20-18(30-2)8-6-9-19(20)31-22/h6,8-13,16H,3-5,7,14H2,1-2H3,(H,23,25)(H,24,27)/t16-/m1/s1. The van der Waals surface area contributed by atoms with Gasteiger partial charge < -0.3 is 4.74 Å². The number of piperidine rings is 1. The Bertz CT molecular complexity index is 1210. The van der Waals surface area contributed by atoms with E-state index in [4.69, 9.17) is 4.74 Å². The van der Waals surface area contributed by atoms with E-state index in [1.807, 2.05) is 25.1 Å². The van der Waals surface area contributed by atoms with Crippen molar-refractivity contribution in [3.8, 4) is 5.75 Å². The number of fused-ring (bicyclic) bond motifs is 1. The highest BCUT2D eigenvalue weighted by atomic mass is 32.2. The minimum absolute atomic E-state index is 0.0355. The lowest BCUT2D eigenvalue weighted by atomic mass is 10.0. The number of anilines is 1. The third-order valence-electron chi connectivity index (χ3n) is 5.65. The van der Waals surface area contributed by atoms with Gasteiger partial charge in [0.15, 0.2) is 0 Å². The monoisotopic (exact) mass is 474 g/mol. The molecular weight excluding hydrogens is 448 g/mol. The summed E-state index contributed by atoms with van der Waals surface area (Å²) >= 11 is 1.39. The lowest BCUT2D eigenvalue weighted by Gasteiger charge is -2.34. The predicted octanol–water partition coefficient (Wildman–Crippen LogP) is 4.02. The number of carbonyl (C=O) groups excluding carboxylic acids is 1. The van der Waals surface area contributed by atoms with Crippen LogP contribution >= 0.6 is 11.3 Å². The second-order valence-corrected chi connectivity index (χ2v) is 10.5. The summed E-state index contributed by atoms with van der Waals surface area (Å²) in [7, 11) is -1.99. The zero-order chi connectivity index (χ0) is 22.7. The highest BCUT2D eigenvalue weighted by Crippen LogP contribution is 2.32. The molecule has 1 aliphatic rings. The van der Waals surface area contributed by atoms with E-state index >= 15 is 0 Å². The molecule has 1 fully saturated rings. The first-order valence-electron chi connectivity index (χ1n) is 10.6. The second-order valence-electron chi connectivity index (χ2n) is 7.60. The Morgan fingerprint density at radius 3 is 2.72 bits per heavy atom. The number of nitrogens with zero attached hydrogens (tertiary/aromatic N) is 2. The van der Waals surface area contributed by atoms with Crippen LogP contribution in [0.25, 0.3) is 10.2 Å². The van der Waals surface area contributed by atoms with Gasteiger partial charge in [0.1, 0.15) is 11.3 Å². The van der Waals surface area contributed by atoms with Crippen molar-refractivity contribution in [3.63, 3.8) is 0 Å². The van der Waals surface area contributed by atoms with Crippen molar-refractivity contribution in [3.05, 3.63) is 48.0 Å². The summed E-state index contributed by atoms with van der Waals surface area (Å²) < 4.78 is 34.0. The molecule has 1 aliphatic heterocycles. The first kappa shape index (κ1) is 22.5. The summed E-state index contributed by atoms with van der Waals surface area (Å²) in [4.78, 5) is 17.2. The van der Waals surface area contributed by atoms with Crippen LogP contribution in [0.15, 0.2) is 47.4 Å². The zero-order valence-electron chi connectivity index (χ0n) is 18.0. The number of hydrogen-bond acceptors (Lipinski definition) is 7. The SMILES string of the molecule is CC[C@@H]1CCCCN1S(=O)(=O)c1ccc(C(=O)NNc2nc3c(OC)cccc3s2)cc1. The van der Waals surface area contributed by atoms with Crippen molar-refractivity contribution in [1.82, 2.24) is 14.7 Å². The molecule has 170 valence electrons. The Hall–Kier alpha value is -2.69. The van der Waals surface area contributed by atoms with Gasteiger partial charge in [-0.05, 0) is 55.7 Å². The van der Waals surface area contributed by atoms with Gasteiger partial charge in [-0.3, -0.25) is 15.6 Å². The number of para-hydroxylation sites is 1. The maximum absolute atomic E-state index is 13.1. The van der Waals surface area contributed by atoms with E-state index in [2.05, 4.69) is 15.8 Å². The number of benzene rings is 2. The number of nitrogens with one attached hydrogen (secondary N) is 2. The number of thiazole rings is 1. The number of amides is 1. The molecule has 1 atom stereocenters. The molecule has 4 rings (SSSR count). The summed E-state index contributed by atoms with van der Waals surface area (Å²) in [5, 5.41) is 0.521. The van der Waals surface area contributed by atoms with Gasteiger partial charge in [0.05, 0.1) is 16.7 Å². The molecule has 2 N–H and O–H groups in total. The van der Waals surface area contributed by atoms with Crippen LogP contribution in [0, 0.1) is 0 Å². The fourth-order valence-corrected chi connectivity index (χ4v) is 6.54. The van der Waals surface area contributed by atoms with E-state index in [1.54, 1.807) is 11.4 Å². The smallest absolute Gasteiger partial charge is 0.269 e. The molecule has 0 saturated carbocycles. The number of rotatable bonds is 7. The molecule has 2 heterocycles. The van der Waals surface area contributed by atoms with Gasteiger partial charge in [0.25, 0.3) is 5.91 Å². The van der Waals surface area contributed by atoms with E-state index in [-0.39, 0.29) is 16.8 Å². The van der Waals surface area contributed by atoms with Gasteiger partial charge in [-0.25, -0.2) is 13.4 Å². The molecule has 8 nitrogen and oxygen atoms in total. The number of hydrazine groups is 1. The van der Waals surface area contributed by atoms with Crippen LogP contribution in [-0.2, 0) is 10.0 Å². The highest BCUT2D eigenvalue weighted by molar-refractivity contribution is 7.89. The first-order chi connectivity index (χ1) is 15.4. The van der Waals surface area contributed by atoms with Crippen molar-refractivity contribution in [1.29, 1.82) is 0 Å². The minimum Gasteiger partial charge on any atom is -0.494 e. The van der Waals surface area contributed by atoms with Gasteiger partial charge in [-0.2, -0.15) is 4.31 Å². The number of sulfonamides is 1. The number of hydrogen-bond donors (Lipinski definition) is 2. The van der Waals surface area contributed by atoms with Gasteiger partial charge in [-0.1, -0.05) is 30.7 Å². The van der Waals surface area contributed by atoms with Crippen LogP contribution in [0.1, 0.15) is 43.0 Å². The van der Waals surface area contributed by atoms with Crippen LogP contribution in [0.5, 0.6) is 5.75 Å². The van der Waals surface area contributed by atoms with Crippen molar-refractivity contribution in [2.75, 3.05) is 19.1 Å². The van der Waals surface area contributed by atoms with Crippen molar-refractivity contribution < 1.29 is 17.9 Å². The fraction of sp³-hybridized carbons (Fsp3) is 0.364. The van der Waals surface area contributed by atoms with Crippen molar-refractivity contribution in [2.45, 2.75) is 43.5 Å². The van der Waals surface area contributed by atoms with Crippen molar-refractivity contribution >= 4 is 42.6 Å². The summed E-state index contributed by atoms with van der Waals surface area (Å²) in [6.45, 7) is 2.56. The van der Waals surface area contributed by atoms with Crippen LogP contribution in [0.2, 0.25) is 0 Å². The first-order valence-corrected chi connectivity index (χ1v) is 12.8. The molecule has 32 heavy (non-hydrogen) atoms. The molecule has 0 unspecified atom stereocenters. The van der Waals surface area contributed by atoms with E-state index < -0.39 is 10.0 Å². The topological polar surface area (TPSA) is 101 Å². The van der Waals surface area contributed by atoms with Crippen LogP contribution in [-0.4, -0.2) is 43.3 Å². The molecule has 0 radical (unpaired) electrons. The predicted molar refractivity (Wildman–Crippen MR) is 126 cm³/mol. The summed E-state index contributed by atoms with van der Waals surface area (Å²) in [5.74, 6) is 0.276. The average Bonchev–Trinajstić information content (AvgIpc) is 3.25. The van der Waals surface area contributed by atoms with Crippen molar-refractivity contribution in [2.24, 2.45) is 0 Å². The van der Waals surface area contributed by atoms with Gasteiger partial charge in [-0.15, -0.1) is 0 Å². The molecule has 0 spiro atoms. The van der Waals surface area contributed by atoms with E-state index in [0.29, 0.717) is 23.0 Å².